The van der Waals surface area contributed by atoms with Crippen LogP contribution in [-0.4, -0.2) is 31.1 Å². The minimum atomic E-state index is -0.292. The number of amides is 1. The van der Waals surface area contributed by atoms with Crippen LogP contribution in [0, 0.1) is 0 Å². The Bertz CT molecular complexity index is 989. The zero-order chi connectivity index (χ0) is 24.8. The average Bonchev–Trinajstić information content (AvgIpc) is 3.21. The van der Waals surface area contributed by atoms with Crippen molar-refractivity contribution in [3.63, 3.8) is 0 Å². The third-order valence-corrected chi connectivity index (χ3v) is 6.59. The molecule has 0 atom stereocenters. The lowest BCUT2D eigenvalue weighted by Crippen LogP contribution is -2.39. The second-order valence-corrected chi connectivity index (χ2v) is 9.52. The Hall–Kier alpha value is -2.38. The Labute approximate surface area is 203 Å². The third kappa shape index (κ3) is 8.76. The number of unbranched alkanes of at least 4 members (excludes halogenated alkanes) is 12. The number of hydrogen-bond acceptors (Lipinski definition) is 4. The molecule has 0 bridgehead atoms. The van der Waals surface area contributed by atoms with E-state index in [0.717, 1.165) is 38.6 Å². The highest BCUT2D eigenvalue weighted by Crippen LogP contribution is 2.10. The SMILES string of the molecule is CCCCCCCC(=O)NCCCCCCCCCCCn1c(=O)c2c(ncn2C)n(C)c1=O. The maximum Gasteiger partial charge on any atom is 0.332 e. The second-order valence-electron chi connectivity index (χ2n) is 9.52. The highest BCUT2D eigenvalue weighted by Gasteiger charge is 2.14. The second kappa shape index (κ2) is 15.5. The van der Waals surface area contributed by atoms with Gasteiger partial charge in [0.2, 0.25) is 5.91 Å². The summed E-state index contributed by atoms with van der Waals surface area (Å²) >= 11 is 0. The summed E-state index contributed by atoms with van der Waals surface area (Å²) in [6, 6.07) is 0. The minimum Gasteiger partial charge on any atom is -0.356 e. The summed E-state index contributed by atoms with van der Waals surface area (Å²) in [5, 5.41) is 3.04. The number of hydrogen-bond donors (Lipinski definition) is 1. The van der Waals surface area contributed by atoms with E-state index in [1.165, 1.54) is 66.9 Å². The van der Waals surface area contributed by atoms with Crippen LogP contribution in [0.1, 0.15) is 103 Å². The van der Waals surface area contributed by atoms with Crippen molar-refractivity contribution in [1.82, 2.24) is 24.0 Å². The Kier molecular flexibility index (Phi) is 12.7. The zero-order valence-corrected chi connectivity index (χ0v) is 21.6. The molecule has 34 heavy (non-hydrogen) atoms. The van der Waals surface area contributed by atoms with Gasteiger partial charge in [0.1, 0.15) is 0 Å². The Morgan fingerprint density at radius 2 is 1.44 bits per heavy atom. The van der Waals surface area contributed by atoms with Crippen LogP contribution in [0.25, 0.3) is 11.2 Å². The van der Waals surface area contributed by atoms with Crippen molar-refractivity contribution in [2.24, 2.45) is 14.1 Å². The van der Waals surface area contributed by atoms with E-state index >= 15 is 0 Å². The van der Waals surface area contributed by atoms with E-state index in [4.69, 9.17) is 0 Å². The van der Waals surface area contributed by atoms with Gasteiger partial charge in [0, 0.05) is 33.6 Å². The van der Waals surface area contributed by atoms with Crippen LogP contribution in [0.5, 0.6) is 0 Å². The first-order chi connectivity index (χ1) is 16.5. The molecule has 192 valence electrons. The predicted molar refractivity (Wildman–Crippen MR) is 138 cm³/mol. The van der Waals surface area contributed by atoms with Gasteiger partial charge in [-0.1, -0.05) is 77.6 Å². The normalized spacial score (nSPS) is 11.4. The van der Waals surface area contributed by atoms with Crippen LogP contribution in [-0.2, 0) is 25.4 Å². The minimum absolute atomic E-state index is 0.205. The average molecular weight is 476 g/mol. The lowest BCUT2D eigenvalue weighted by Gasteiger charge is -2.08. The van der Waals surface area contributed by atoms with Gasteiger partial charge in [-0.15, -0.1) is 0 Å². The topological polar surface area (TPSA) is 90.9 Å². The number of rotatable bonds is 18. The van der Waals surface area contributed by atoms with Gasteiger partial charge in [-0.25, -0.2) is 9.78 Å². The zero-order valence-electron chi connectivity index (χ0n) is 21.6. The molecule has 2 aromatic rings. The molecule has 0 radical (unpaired) electrons. The van der Waals surface area contributed by atoms with Gasteiger partial charge in [0.05, 0.1) is 6.33 Å². The molecular weight excluding hydrogens is 430 g/mol. The molecule has 0 aliphatic carbocycles. The van der Waals surface area contributed by atoms with E-state index in [1.54, 1.807) is 25.0 Å². The summed E-state index contributed by atoms with van der Waals surface area (Å²) in [6.07, 6.45) is 18.2. The van der Waals surface area contributed by atoms with Crippen molar-refractivity contribution in [1.29, 1.82) is 0 Å². The van der Waals surface area contributed by atoms with E-state index in [9.17, 15) is 14.4 Å². The maximum atomic E-state index is 12.7. The molecule has 0 saturated carbocycles. The smallest absolute Gasteiger partial charge is 0.332 e. The molecule has 2 heterocycles. The molecule has 2 rings (SSSR count). The number of carbonyl (C=O) groups is 1. The van der Waals surface area contributed by atoms with Crippen LogP contribution in [0.15, 0.2) is 15.9 Å². The molecule has 1 amide bonds. The number of nitrogens with zero attached hydrogens (tertiary/aromatic N) is 4. The van der Waals surface area contributed by atoms with Gasteiger partial charge in [0.15, 0.2) is 11.2 Å². The molecule has 0 aromatic carbocycles. The Balaban J connectivity index is 1.48. The predicted octanol–water partition coefficient (Wildman–Crippen LogP) is 4.42. The lowest BCUT2D eigenvalue weighted by atomic mass is 10.1. The summed E-state index contributed by atoms with van der Waals surface area (Å²) in [5.74, 6) is 0.205. The van der Waals surface area contributed by atoms with Crippen LogP contribution < -0.4 is 16.6 Å². The molecule has 0 aliphatic heterocycles. The first-order valence-corrected chi connectivity index (χ1v) is 13.3. The molecule has 0 fully saturated rings. The first kappa shape index (κ1) is 27.9. The van der Waals surface area contributed by atoms with E-state index < -0.39 is 0 Å². The standard InChI is InChI=1S/C26H45N5O3/c1-4-5-6-12-15-18-22(32)27-19-16-13-10-8-7-9-11-14-17-20-31-25(33)23-24(28-21-29(23)2)30(3)26(31)34/h21H,4-20H2,1-3H3,(H,27,32). The molecule has 8 nitrogen and oxygen atoms in total. The van der Waals surface area contributed by atoms with Crippen LogP contribution in [0.2, 0.25) is 0 Å². The van der Waals surface area contributed by atoms with Gasteiger partial charge in [-0.2, -0.15) is 0 Å². The molecular formula is C26H45N5O3. The summed E-state index contributed by atoms with van der Waals surface area (Å²) < 4.78 is 4.48. The fraction of sp³-hybridized carbons (Fsp3) is 0.769. The van der Waals surface area contributed by atoms with Crippen molar-refractivity contribution < 1.29 is 4.79 Å². The molecule has 0 unspecified atom stereocenters. The number of imidazole rings is 1. The summed E-state index contributed by atoms with van der Waals surface area (Å²) in [5.41, 5.74) is 0.374. The van der Waals surface area contributed by atoms with Crippen LogP contribution in [0.4, 0.5) is 0 Å². The Morgan fingerprint density at radius 3 is 2.12 bits per heavy atom. The highest BCUT2D eigenvalue weighted by atomic mass is 16.2. The third-order valence-electron chi connectivity index (χ3n) is 6.59. The van der Waals surface area contributed by atoms with Crippen molar-refractivity contribution >= 4 is 17.1 Å². The summed E-state index contributed by atoms with van der Waals surface area (Å²) in [6.45, 7) is 3.46. The van der Waals surface area contributed by atoms with Crippen molar-refractivity contribution in [3.8, 4) is 0 Å². The molecule has 0 aliphatic rings. The molecule has 2 aromatic heterocycles. The number of carbonyl (C=O) groups excluding carboxylic acids is 1. The molecule has 8 heteroatoms. The van der Waals surface area contributed by atoms with E-state index in [-0.39, 0.29) is 17.2 Å². The number of nitrogens with one attached hydrogen (secondary N) is 1. The molecule has 1 N–H and O–H groups in total. The van der Waals surface area contributed by atoms with Gasteiger partial charge >= 0.3 is 5.69 Å². The number of aryl methyl sites for hydroxylation is 2. The van der Waals surface area contributed by atoms with Gasteiger partial charge in [-0.3, -0.25) is 18.7 Å². The maximum absolute atomic E-state index is 12.7. The highest BCUT2D eigenvalue weighted by molar-refractivity contribution is 5.75. The Morgan fingerprint density at radius 1 is 0.853 bits per heavy atom. The largest absolute Gasteiger partial charge is 0.356 e. The quantitative estimate of drug-likeness (QED) is 0.323. The van der Waals surface area contributed by atoms with Crippen molar-refractivity contribution in [3.05, 3.63) is 27.2 Å². The van der Waals surface area contributed by atoms with Crippen molar-refractivity contribution in [2.75, 3.05) is 6.54 Å². The van der Waals surface area contributed by atoms with E-state index in [0.29, 0.717) is 24.1 Å². The van der Waals surface area contributed by atoms with Gasteiger partial charge in [-0.05, 0) is 19.3 Å². The van der Waals surface area contributed by atoms with Crippen LogP contribution >= 0.6 is 0 Å². The van der Waals surface area contributed by atoms with E-state index in [2.05, 4.69) is 17.2 Å². The molecule has 0 spiro atoms. The first-order valence-electron chi connectivity index (χ1n) is 13.3. The fourth-order valence-corrected chi connectivity index (χ4v) is 4.43. The van der Waals surface area contributed by atoms with E-state index in [1.807, 2.05) is 0 Å². The van der Waals surface area contributed by atoms with Gasteiger partial charge in [0.25, 0.3) is 5.56 Å². The van der Waals surface area contributed by atoms with Crippen LogP contribution in [0.3, 0.4) is 0 Å². The summed E-state index contributed by atoms with van der Waals surface area (Å²) in [7, 11) is 3.44. The monoisotopic (exact) mass is 475 g/mol. The number of fused-ring (bicyclic) bond motifs is 1. The molecule has 0 saturated heterocycles. The number of aromatic nitrogens is 4. The lowest BCUT2D eigenvalue weighted by molar-refractivity contribution is -0.121. The van der Waals surface area contributed by atoms with Gasteiger partial charge < -0.3 is 9.88 Å². The fourth-order valence-electron chi connectivity index (χ4n) is 4.43. The van der Waals surface area contributed by atoms with Crippen molar-refractivity contribution in [2.45, 2.75) is 110 Å². The summed E-state index contributed by atoms with van der Waals surface area (Å²) in [4.78, 5) is 41.1.